The number of hydrogen-bond donors (Lipinski definition) is 2. The summed E-state index contributed by atoms with van der Waals surface area (Å²) in [5.41, 5.74) is 1.92. The van der Waals surface area contributed by atoms with Gasteiger partial charge in [0.1, 0.15) is 18.5 Å². The molecule has 1 aliphatic rings. The molecule has 1 aliphatic heterocycles. The smallest absolute Gasteiger partial charge is 0.333 e. The van der Waals surface area contributed by atoms with E-state index in [9.17, 15) is 24.3 Å². The number of rotatable bonds is 11. The van der Waals surface area contributed by atoms with E-state index in [4.69, 9.17) is 4.74 Å². The lowest BCUT2D eigenvalue weighted by Gasteiger charge is -2.44. The molecule has 1 fully saturated rings. The van der Waals surface area contributed by atoms with Crippen LogP contribution in [0.5, 0.6) is 5.75 Å². The van der Waals surface area contributed by atoms with E-state index in [1.165, 1.54) is 19.8 Å². The van der Waals surface area contributed by atoms with Gasteiger partial charge in [0.05, 0.1) is 13.7 Å². The average Bonchev–Trinajstić information content (AvgIpc) is 2.92. The van der Waals surface area contributed by atoms with Gasteiger partial charge in [-0.25, -0.2) is 14.8 Å². The number of carboxylic acids is 1. The second-order valence-corrected chi connectivity index (χ2v) is 9.17. The fourth-order valence-corrected chi connectivity index (χ4v) is 4.19. The third-order valence-corrected chi connectivity index (χ3v) is 6.47. The molecule has 1 unspecified atom stereocenters. The number of carboxylic acid groups (broad SMARTS) is 1. The highest BCUT2D eigenvalue weighted by atomic mass is 16.5. The van der Waals surface area contributed by atoms with Crippen LogP contribution in [0.4, 0.5) is 4.79 Å². The Morgan fingerprint density at radius 3 is 2.39 bits per heavy atom. The van der Waals surface area contributed by atoms with Crippen molar-refractivity contribution < 1.29 is 29.0 Å². The molecule has 3 rings (SSSR count). The van der Waals surface area contributed by atoms with Crippen LogP contribution in [0.15, 0.2) is 54.6 Å². The molecule has 1 saturated heterocycles. The summed E-state index contributed by atoms with van der Waals surface area (Å²) < 4.78 is 5.17. The van der Waals surface area contributed by atoms with Crippen LogP contribution in [0.3, 0.4) is 0 Å². The summed E-state index contributed by atoms with van der Waals surface area (Å²) in [7, 11) is 4.84. The van der Waals surface area contributed by atoms with Gasteiger partial charge in [-0.2, -0.15) is 0 Å². The number of carbonyl (C=O) groups is 4. The van der Waals surface area contributed by atoms with Gasteiger partial charge in [0.15, 0.2) is 0 Å². The van der Waals surface area contributed by atoms with Crippen molar-refractivity contribution in [1.29, 1.82) is 0 Å². The van der Waals surface area contributed by atoms with E-state index in [1.54, 1.807) is 21.2 Å². The molecule has 0 bridgehead atoms. The molecule has 1 atom stereocenters. The molecule has 4 amide bonds. The number of carbonyl (C=O) groups excluding carboxylic acids is 3. The Hall–Kier alpha value is -4.12. The fraction of sp³-hybridized carbons (Fsp3) is 0.407. The van der Waals surface area contributed by atoms with Crippen LogP contribution < -0.4 is 10.1 Å². The summed E-state index contributed by atoms with van der Waals surface area (Å²) in [5.74, 6) is -1.06. The number of ether oxygens (including phenoxy) is 1. The van der Waals surface area contributed by atoms with Crippen LogP contribution in [0.1, 0.15) is 24.0 Å². The maximum Gasteiger partial charge on any atom is 0.333 e. The molecular weight excluding hydrogens is 490 g/mol. The van der Waals surface area contributed by atoms with E-state index in [1.807, 2.05) is 54.6 Å². The van der Waals surface area contributed by atoms with Gasteiger partial charge in [-0.1, -0.05) is 42.5 Å². The highest BCUT2D eigenvalue weighted by Crippen LogP contribution is 2.18. The summed E-state index contributed by atoms with van der Waals surface area (Å²) in [6.07, 6.45) is 0.223. The lowest BCUT2D eigenvalue weighted by atomic mass is 10.1. The molecule has 38 heavy (non-hydrogen) atoms. The van der Waals surface area contributed by atoms with Gasteiger partial charge in [-0.05, 0) is 36.1 Å². The van der Waals surface area contributed by atoms with Crippen molar-refractivity contribution in [1.82, 2.24) is 25.1 Å². The first-order valence-corrected chi connectivity index (χ1v) is 12.4. The highest BCUT2D eigenvalue weighted by molar-refractivity contribution is 5.89. The van der Waals surface area contributed by atoms with Gasteiger partial charge >= 0.3 is 12.0 Å². The lowest BCUT2D eigenvalue weighted by Crippen LogP contribution is -2.65. The van der Waals surface area contributed by atoms with Gasteiger partial charge in [0, 0.05) is 33.6 Å². The molecule has 0 radical (unpaired) electrons. The molecule has 2 aromatic carbocycles. The fourth-order valence-electron chi connectivity index (χ4n) is 4.19. The van der Waals surface area contributed by atoms with Crippen molar-refractivity contribution in [2.24, 2.45) is 0 Å². The molecule has 0 aliphatic carbocycles. The first-order chi connectivity index (χ1) is 18.2. The molecule has 2 aromatic rings. The van der Waals surface area contributed by atoms with E-state index in [0.29, 0.717) is 19.5 Å². The number of hydrogen-bond acceptors (Lipinski definition) is 6. The quantitative estimate of drug-likeness (QED) is 0.459. The molecule has 11 heteroatoms. The van der Waals surface area contributed by atoms with Gasteiger partial charge in [0.2, 0.25) is 11.8 Å². The van der Waals surface area contributed by atoms with Crippen LogP contribution in [0.2, 0.25) is 0 Å². The van der Waals surface area contributed by atoms with E-state index in [2.05, 4.69) is 5.32 Å². The number of likely N-dealkylation sites (N-methyl/N-ethyl adjacent to an activating group) is 2. The number of amides is 4. The number of methoxy groups -OCH3 is 1. The summed E-state index contributed by atoms with van der Waals surface area (Å²) in [5, 5.41) is 15.0. The Bertz CT molecular complexity index is 1110. The largest absolute Gasteiger partial charge is 0.497 e. The Labute approximate surface area is 222 Å². The number of urea groups is 1. The Morgan fingerprint density at radius 2 is 1.76 bits per heavy atom. The van der Waals surface area contributed by atoms with Gasteiger partial charge in [0.25, 0.3) is 0 Å². The lowest BCUT2D eigenvalue weighted by molar-refractivity contribution is -0.161. The summed E-state index contributed by atoms with van der Waals surface area (Å²) >= 11 is 0. The second kappa shape index (κ2) is 13.4. The minimum atomic E-state index is -1.07. The molecule has 204 valence electrons. The van der Waals surface area contributed by atoms with Gasteiger partial charge in [-0.15, -0.1) is 0 Å². The van der Waals surface area contributed by atoms with Crippen molar-refractivity contribution in [2.75, 3.05) is 41.0 Å². The maximum atomic E-state index is 13.5. The summed E-state index contributed by atoms with van der Waals surface area (Å²) in [6, 6.07) is 15.5. The van der Waals surface area contributed by atoms with Crippen molar-refractivity contribution >= 4 is 23.8 Å². The summed E-state index contributed by atoms with van der Waals surface area (Å²) in [6.45, 7) is 0.384. The normalized spacial score (nSPS) is 14.7. The van der Waals surface area contributed by atoms with Gasteiger partial charge in [-0.3, -0.25) is 14.4 Å². The number of benzene rings is 2. The summed E-state index contributed by atoms with van der Waals surface area (Å²) in [4.78, 5) is 53.6. The van der Waals surface area contributed by atoms with E-state index >= 15 is 0 Å². The van der Waals surface area contributed by atoms with Gasteiger partial charge < -0.3 is 25.0 Å². The standard InChI is InChI=1S/C27H35N5O6/c1-29(16-15-20-9-11-22(38-3)12-10-20)26(36)23(13-14-25(34)35)31-19-32(30(2)18-24(31)33)27(37)28-17-21-7-5-4-6-8-21/h4-12,23H,13-19H2,1-3H3,(H,28,37)(H,34,35). The zero-order valence-electron chi connectivity index (χ0n) is 22.0. The minimum absolute atomic E-state index is 0.0596. The predicted octanol–water partition coefficient (Wildman–Crippen LogP) is 1.79. The van der Waals surface area contributed by atoms with E-state index in [0.717, 1.165) is 16.9 Å². The van der Waals surface area contributed by atoms with Crippen LogP contribution in [-0.4, -0.2) is 95.7 Å². The second-order valence-electron chi connectivity index (χ2n) is 9.17. The SMILES string of the molecule is COc1ccc(CCN(C)C(=O)C(CCC(=O)O)N2CN(C(=O)NCc3ccccc3)N(C)CC2=O)cc1. The monoisotopic (exact) mass is 525 g/mol. The first-order valence-electron chi connectivity index (χ1n) is 12.4. The van der Waals surface area contributed by atoms with Crippen molar-refractivity contribution in [3.63, 3.8) is 0 Å². The number of nitrogens with one attached hydrogen (secondary N) is 1. The van der Waals surface area contributed by atoms with Crippen LogP contribution in [0, 0.1) is 0 Å². The molecule has 0 saturated carbocycles. The molecule has 0 aromatic heterocycles. The molecule has 0 spiro atoms. The Morgan fingerprint density at radius 1 is 1.08 bits per heavy atom. The van der Waals surface area contributed by atoms with Crippen LogP contribution in [0.25, 0.3) is 0 Å². The van der Waals surface area contributed by atoms with E-state index < -0.39 is 18.0 Å². The third kappa shape index (κ3) is 7.69. The first kappa shape index (κ1) is 28.5. The van der Waals surface area contributed by atoms with Crippen molar-refractivity contribution in [3.8, 4) is 5.75 Å². The number of nitrogens with zero attached hydrogens (tertiary/aromatic N) is 4. The minimum Gasteiger partial charge on any atom is -0.497 e. The Kier molecular flexibility index (Phi) is 10.1. The highest BCUT2D eigenvalue weighted by Gasteiger charge is 2.39. The van der Waals surface area contributed by atoms with Crippen LogP contribution >= 0.6 is 0 Å². The third-order valence-electron chi connectivity index (χ3n) is 6.47. The topological polar surface area (TPSA) is 123 Å². The average molecular weight is 526 g/mol. The molecule has 2 N–H and O–H groups in total. The maximum absolute atomic E-state index is 13.5. The van der Waals surface area contributed by atoms with Crippen molar-refractivity contribution in [2.45, 2.75) is 31.8 Å². The zero-order valence-corrected chi connectivity index (χ0v) is 22.0. The molecular formula is C27H35N5O6. The van der Waals surface area contributed by atoms with E-state index in [-0.39, 0.29) is 37.9 Å². The molecule has 1 heterocycles. The molecule has 11 nitrogen and oxygen atoms in total. The predicted molar refractivity (Wildman–Crippen MR) is 140 cm³/mol. The Balaban J connectivity index is 1.69. The zero-order chi connectivity index (χ0) is 27.7. The van der Waals surface area contributed by atoms with Crippen LogP contribution in [-0.2, 0) is 27.3 Å². The van der Waals surface area contributed by atoms with Crippen molar-refractivity contribution in [3.05, 3.63) is 65.7 Å². The number of aliphatic carboxylic acids is 1. The number of hydrazine groups is 1.